The van der Waals surface area contributed by atoms with Crippen molar-refractivity contribution in [2.75, 3.05) is 5.75 Å². The minimum absolute atomic E-state index is 0.322. The molecule has 0 amide bonds. The zero-order chi connectivity index (χ0) is 11.4. The molecule has 0 saturated heterocycles. The van der Waals surface area contributed by atoms with Gasteiger partial charge < -0.3 is 4.74 Å². The Morgan fingerprint density at radius 1 is 1.14 bits per heavy atom. The van der Waals surface area contributed by atoms with Gasteiger partial charge in [-0.25, -0.2) is 0 Å². The summed E-state index contributed by atoms with van der Waals surface area (Å²) in [5, 5.41) is 0. The molecule has 0 aliphatic heterocycles. The Labute approximate surface area is 84.5 Å². The zero-order valence-electron chi connectivity index (χ0n) is 8.81. The van der Waals surface area contributed by atoms with Gasteiger partial charge >= 0.3 is 5.97 Å². The van der Waals surface area contributed by atoms with Crippen molar-refractivity contribution < 1.29 is 22.1 Å². The van der Waals surface area contributed by atoms with E-state index < -0.39 is 27.9 Å². The van der Waals surface area contributed by atoms with Gasteiger partial charge in [-0.2, -0.15) is 8.42 Å². The molecule has 0 aliphatic rings. The van der Waals surface area contributed by atoms with Gasteiger partial charge in [0.2, 0.25) is 0 Å². The number of esters is 1. The molecule has 0 aliphatic carbocycles. The largest absolute Gasteiger partial charge is 0.462 e. The van der Waals surface area contributed by atoms with Crippen molar-refractivity contribution in [3.05, 3.63) is 0 Å². The molecule has 0 spiro atoms. The van der Waals surface area contributed by atoms with Gasteiger partial charge in [-0.3, -0.25) is 8.98 Å². The second-order valence-electron chi connectivity index (χ2n) is 3.39. The van der Waals surface area contributed by atoms with Crippen LogP contribution >= 0.6 is 0 Å². The number of carbonyl (C=O) groups is 1. The van der Waals surface area contributed by atoms with E-state index in [1.165, 1.54) is 0 Å². The average Bonchev–Trinajstić information content (AvgIpc) is 1.77. The SMILES string of the molecule is CC(C)OC(=O)CS(=O)(=O)OC(C)C. The summed E-state index contributed by atoms with van der Waals surface area (Å²) in [5.41, 5.74) is 0. The Morgan fingerprint density at radius 3 is 2.00 bits per heavy atom. The Bertz CT molecular complexity index is 278. The molecule has 0 aromatic carbocycles. The summed E-state index contributed by atoms with van der Waals surface area (Å²) in [7, 11) is -3.80. The molecule has 0 N–H and O–H groups in total. The Morgan fingerprint density at radius 2 is 1.64 bits per heavy atom. The molecule has 0 aromatic heterocycles. The molecule has 5 nitrogen and oxygen atoms in total. The average molecular weight is 224 g/mol. The summed E-state index contributed by atoms with van der Waals surface area (Å²) in [6, 6.07) is 0. The number of hydrogen-bond acceptors (Lipinski definition) is 5. The lowest BCUT2D eigenvalue weighted by Crippen LogP contribution is -2.24. The number of ether oxygens (including phenoxy) is 1. The van der Waals surface area contributed by atoms with E-state index in [4.69, 9.17) is 0 Å². The minimum atomic E-state index is -3.80. The molecular formula is C8H16O5S. The van der Waals surface area contributed by atoms with Crippen LogP contribution in [0.5, 0.6) is 0 Å². The van der Waals surface area contributed by atoms with E-state index in [9.17, 15) is 13.2 Å². The first-order chi connectivity index (χ1) is 6.23. The van der Waals surface area contributed by atoms with E-state index in [2.05, 4.69) is 8.92 Å². The van der Waals surface area contributed by atoms with E-state index in [0.29, 0.717) is 0 Å². The van der Waals surface area contributed by atoms with Crippen LogP contribution in [0.2, 0.25) is 0 Å². The van der Waals surface area contributed by atoms with Gasteiger partial charge in [-0.15, -0.1) is 0 Å². The first-order valence-electron chi connectivity index (χ1n) is 4.33. The predicted octanol–water partition coefficient (Wildman–Crippen LogP) is 0.693. The predicted molar refractivity (Wildman–Crippen MR) is 51.2 cm³/mol. The lowest BCUT2D eigenvalue weighted by atomic mass is 10.5. The molecule has 0 heterocycles. The third-order valence-electron chi connectivity index (χ3n) is 1.00. The smallest absolute Gasteiger partial charge is 0.323 e. The molecule has 0 fully saturated rings. The molecule has 84 valence electrons. The molecule has 14 heavy (non-hydrogen) atoms. The standard InChI is InChI=1S/C8H16O5S/c1-6(2)12-8(9)5-14(10,11)13-7(3)4/h6-7H,5H2,1-4H3. The zero-order valence-corrected chi connectivity index (χ0v) is 9.63. The van der Waals surface area contributed by atoms with E-state index in [1.807, 2.05) is 0 Å². The Kier molecular flexibility index (Phi) is 5.07. The number of carbonyl (C=O) groups excluding carboxylic acids is 1. The molecule has 0 rings (SSSR count). The van der Waals surface area contributed by atoms with Crippen molar-refractivity contribution in [3.63, 3.8) is 0 Å². The summed E-state index contributed by atoms with van der Waals surface area (Å²) in [5.74, 6) is -1.52. The number of rotatable bonds is 5. The fourth-order valence-corrected chi connectivity index (χ4v) is 1.78. The molecule has 0 atom stereocenters. The van der Waals surface area contributed by atoms with Crippen molar-refractivity contribution >= 4 is 16.1 Å². The molecule has 0 aromatic rings. The van der Waals surface area contributed by atoms with Crippen molar-refractivity contribution in [2.24, 2.45) is 0 Å². The minimum Gasteiger partial charge on any atom is -0.462 e. The van der Waals surface area contributed by atoms with Crippen LogP contribution in [0.4, 0.5) is 0 Å². The third kappa shape index (κ3) is 6.85. The van der Waals surface area contributed by atoms with Crippen molar-refractivity contribution in [1.29, 1.82) is 0 Å². The van der Waals surface area contributed by atoms with Gasteiger partial charge in [0.05, 0.1) is 12.2 Å². The van der Waals surface area contributed by atoms with Gasteiger partial charge in [0.25, 0.3) is 10.1 Å². The van der Waals surface area contributed by atoms with Crippen LogP contribution in [0.25, 0.3) is 0 Å². The van der Waals surface area contributed by atoms with Crippen LogP contribution in [0, 0.1) is 0 Å². The van der Waals surface area contributed by atoms with E-state index in [0.717, 1.165) is 0 Å². The maximum Gasteiger partial charge on any atom is 0.323 e. The molecule has 0 bridgehead atoms. The summed E-state index contributed by atoms with van der Waals surface area (Å²) in [6.45, 7) is 6.44. The maximum absolute atomic E-state index is 11.1. The molecule has 0 unspecified atom stereocenters. The molecular weight excluding hydrogens is 208 g/mol. The van der Waals surface area contributed by atoms with E-state index in [1.54, 1.807) is 27.7 Å². The quantitative estimate of drug-likeness (QED) is 0.507. The van der Waals surface area contributed by atoms with E-state index >= 15 is 0 Å². The third-order valence-corrected chi connectivity index (χ3v) is 2.27. The second kappa shape index (κ2) is 5.31. The van der Waals surface area contributed by atoms with Gasteiger partial charge in [-0.05, 0) is 27.7 Å². The lowest BCUT2D eigenvalue weighted by Gasteiger charge is -2.09. The first-order valence-corrected chi connectivity index (χ1v) is 5.91. The van der Waals surface area contributed by atoms with Gasteiger partial charge in [0, 0.05) is 0 Å². The van der Waals surface area contributed by atoms with Crippen LogP contribution < -0.4 is 0 Å². The highest BCUT2D eigenvalue weighted by Crippen LogP contribution is 2.01. The summed E-state index contributed by atoms with van der Waals surface area (Å²) >= 11 is 0. The molecule has 6 heteroatoms. The summed E-state index contributed by atoms with van der Waals surface area (Å²) in [6.07, 6.45) is -0.788. The van der Waals surface area contributed by atoms with Crippen LogP contribution in [-0.4, -0.2) is 32.3 Å². The van der Waals surface area contributed by atoms with E-state index in [-0.39, 0.29) is 6.10 Å². The first kappa shape index (κ1) is 13.4. The van der Waals surface area contributed by atoms with Gasteiger partial charge in [-0.1, -0.05) is 0 Å². The summed E-state index contributed by atoms with van der Waals surface area (Å²) in [4.78, 5) is 11.0. The van der Waals surface area contributed by atoms with Crippen LogP contribution in [0.1, 0.15) is 27.7 Å². The monoisotopic (exact) mass is 224 g/mol. The number of hydrogen-bond donors (Lipinski definition) is 0. The highest BCUT2D eigenvalue weighted by molar-refractivity contribution is 7.87. The Hall–Kier alpha value is -0.620. The fraction of sp³-hybridized carbons (Fsp3) is 0.875. The molecule has 0 saturated carbocycles. The highest BCUT2D eigenvalue weighted by atomic mass is 32.2. The van der Waals surface area contributed by atoms with Crippen LogP contribution in [-0.2, 0) is 23.8 Å². The van der Waals surface area contributed by atoms with Crippen molar-refractivity contribution in [1.82, 2.24) is 0 Å². The normalized spacial score (nSPS) is 12.1. The topological polar surface area (TPSA) is 69.7 Å². The summed E-state index contributed by atoms with van der Waals surface area (Å²) < 4.78 is 31.5. The maximum atomic E-state index is 11.1. The van der Waals surface area contributed by atoms with Crippen molar-refractivity contribution in [2.45, 2.75) is 39.9 Å². The lowest BCUT2D eigenvalue weighted by molar-refractivity contribution is -0.144. The van der Waals surface area contributed by atoms with Gasteiger partial charge in [0.15, 0.2) is 5.75 Å². The second-order valence-corrected chi connectivity index (χ2v) is 4.98. The highest BCUT2D eigenvalue weighted by Gasteiger charge is 2.20. The molecule has 0 radical (unpaired) electrons. The van der Waals surface area contributed by atoms with Crippen molar-refractivity contribution in [3.8, 4) is 0 Å². The Balaban J connectivity index is 4.17. The van der Waals surface area contributed by atoms with Crippen LogP contribution in [0.3, 0.4) is 0 Å². The fourth-order valence-electron chi connectivity index (χ4n) is 0.768. The van der Waals surface area contributed by atoms with Gasteiger partial charge in [0.1, 0.15) is 0 Å². The van der Waals surface area contributed by atoms with Crippen LogP contribution in [0.15, 0.2) is 0 Å².